The van der Waals surface area contributed by atoms with Crippen molar-refractivity contribution in [3.8, 4) is 11.1 Å². The number of alkyl halides is 3. The van der Waals surface area contributed by atoms with E-state index in [0.29, 0.717) is 5.82 Å². The molecule has 0 aliphatic rings. The van der Waals surface area contributed by atoms with Crippen LogP contribution in [-0.2, 0) is 6.18 Å². The summed E-state index contributed by atoms with van der Waals surface area (Å²) in [5.74, 6) is 0.703. The quantitative estimate of drug-likeness (QED) is 0.646. The fourth-order valence-electron chi connectivity index (χ4n) is 2.57. The van der Waals surface area contributed by atoms with Crippen molar-refractivity contribution in [1.29, 1.82) is 0 Å². The van der Waals surface area contributed by atoms with Gasteiger partial charge in [0, 0.05) is 31.5 Å². The van der Waals surface area contributed by atoms with Crippen LogP contribution in [0.2, 0.25) is 0 Å². The molecule has 0 unspecified atom stereocenters. The number of hydrogen-bond acceptors (Lipinski definition) is 3. The lowest BCUT2D eigenvalue weighted by Crippen LogP contribution is -2.20. The molecule has 0 fully saturated rings. The Balaban J connectivity index is 1.90. The number of rotatable bonds is 3. The van der Waals surface area contributed by atoms with Gasteiger partial charge in [0.15, 0.2) is 10.9 Å². The van der Waals surface area contributed by atoms with Gasteiger partial charge in [0.2, 0.25) is 0 Å². The largest absolute Gasteiger partial charge is 0.416 e. The van der Waals surface area contributed by atoms with Crippen LogP contribution in [0, 0.1) is 0 Å². The van der Waals surface area contributed by atoms with Gasteiger partial charge < -0.3 is 10.2 Å². The Morgan fingerprint density at radius 2 is 1.78 bits per heavy atom. The van der Waals surface area contributed by atoms with Gasteiger partial charge in [-0.2, -0.15) is 13.2 Å². The molecule has 0 spiro atoms. The second-order valence-corrected chi connectivity index (χ2v) is 6.47. The third kappa shape index (κ3) is 4.28. The van der Waals surface area contributed by atoms with Gasteiger partial charge in [0.05, 0.1) is 5.56 Å². The zero-order valence-electron chi connectivity index (χ0n) is 14.7. The minimum atomic E-state index is -4.41. The number of nitrogens with zero attached hydrogens (tertiary/aromatic N) is 3. The molecule has 0 saturated carbocycles. The van der Waals surface area contributed by atoms with E-state index in [4.69, 9.17) is 12.2 Å². The molecule has 3 aromatic rings. The van der Waals surface area contributed by atoms with Crippen LogP contribution in [0.3, 0.4) is 0 Å². The molecule has 27 heavy (non-hydrogen) atoms. The molecule has 1 heterocycles. The Labute approximate surface area is 160 Å². The molecule has 2 aromatic carbocycles. The van der Waals surface area contributed by atoms with Crippen LogP contribution < -0.4 is 10.2 Å². The highest BCUT2D eigenvalue weighted by atomic mass is 32.1. The summed E-state index contributed by atoms with van der Waals surface area (Å²) in [5.41, 5.74) is 1.34. The van der Waals surface area contributed by atoms with Gasteiger partial charge in [-0.15, -0.1) is 5.10 Å². The lowest BCUT2D eigenvalue weighted by Gasteiger charge is -2.12. The van der Waals surface area contributed by atoms with Crippen LogP contribution in [0.25, 0.3) is 11.1 Å². The van der Waals surface area contributed by atoms with E-state index >= 15 is 0 Å². The van der Waals surface area contributed by atoms with Gasteiger partial charge in [-0.1, -0.05) is 36.4 Å². The first-order valence-corrected chi connectivity index (χ1v) is 8.47. The second kappa shape index (κ2) is 7.40. The van der Waals surface area contributed by atoms with E-state index in [9.17, 15) is 13.2 Å². The lowest BCUT2D eigenvalue weighted by molar-refractivity contribution is -0.137. The van der Waals surface area contributed by atoms with Crippen LogP contribution >= 0.6 is 12.2 Å². The van der Waals surface area contributed by atoms with Gasteiger partial charge in [-0.3, -0.25) is 0 Å². The van der Waals surface area contributed by atoms with Gasteiger partial charge in [-0.05, 0) is 36.0 Å². The van der Waals surface area contributed by atoms with Crippen molar-refractivity contribution in [3.63, 3.8) is 0 Å². The van der Waals surface area contributed by atoms with Crippen LogP contribution in [0.15, 0.2) is 60.8 Å². The Kier molecular flexibility index (Phi) is 5.18. The van der Waals surface area contributed by atoms with Gasteiger partial charge >= 0.3 is 6.18 Å². The summed E-state index contributed by atoms with van der Waals surface area (Å²) in [6.45, 7) is 0. The summed E-state index contributed by atoms with van der Waals surface area (Å²) in [7, 11) is 3.73. The number of benzene rings is 2. The van der Waals surface area contributed by atoms with Crippen LogP contribution in [0.1, 0.15) is 5.56 Å². The van der Waals surface area contributed by atoms with E-state index < -0.39 is 11.7 Å². The first-order valence-electron chi connectivity index (χ1n) is 8.07. The number of anilines is 2. The molecule has 1 aromatic heterocycles. The number of aromatic nitrogens is 2. The Morgan fingerprint density at radius 3 is 2.41 bits per heavy atom. The molecule has 1 N–H and O–H groups in total. The molecule has 140 valence electrons. The van der Waals surface area contributed by atoms with E-state index in [1.54, 1.807) is 6.20 Å². The summed E-state index contributed by atoms with van der Waals surface area (Å²) in [5, 5.41) is 7.47. The molecule has 0 bridgehead atoms. The van der Waals surface area contributed by atoms with Crippen molar-refractivity contribution in [2.75, 3.05) is 24.3 Å². The molecule has 3 rings (SSSR count). The smallest absolute Gasteiger partial charge is 0.361 e. The van der Waals surface area contributed by atoms with Crippen molar-refractivity contribution >= 4 is 28.8 Å². The maximum absolute atomic E-state index is 12.9. The van der Waals surface area contributed by atoms with Crippen molar-refractivity contribution in [2.24, 2.45) is 0 Å². The maximum atomic E-state index is 12.9. The third-order valence-electron chi connectivity index (χ3n) is 3.85. The van der Waals surface area contributed by atoms with Crippen LogP contribution in [0.4, 0.5) is 24.7 Å². The van der Waals surface area contributed by atoms with E-state index in [1.807, 2.05) is 49.3 Å². The fraction of sp³-hybridized carbons (Fsp3) is 0.158. The summed E-state index contributed by atoms with van der Waals surface area (Å²) in [6.07, 6.45) is -2.66. The molecule has 8 heteroatoms. The highest BCUT2D eigenvalue weighted by Crippen LogP contribution is 2.31. The second-order valence-electron chi connectivity index (χ2n) is 6.08. The monoisotopic (exact) mass is 390 g/mol. The average Bonchev–Trinajstić information content (AvgIpc) is 3.08. The van der Waals surface area contributed by atoms with Gasteiger partial charge in [0.1, 0.15) is 0 Å². The van der Waals surface area contributed by atoms with Crippen molar-refractivity contribution < 1.29 is 13.2 Å². The number of nitrogens with one attached hydrogen (secondary N) is 1. The topological polar surface area (TPSA) is 33.1 Å². The Morgan fingerprint density at radius 1 is 1.07 bits per heavy atom. The number of halogens is 3. The number of hydrogen-bond donors (Lipinski definition) is 1. The normalized spacial score (nSPS) is 11.3. The molecule has 0 aliphatic heterocycles. The average molecular weight is 390 g/mol. The van der Waals surface area contributed by atoms with Crippen molar-refractivity contribution in [1.82, 2.24) is 9.78 Å². The zero-order chi connectivity index (χ0) is 19.6. The molecular formula is C19H17F3N4S. The summed E-state index contributed by atoms with van der Waals surface area (Å²) < 4.78 is 40.1. The predicted octanol–water partition coefficient (Wildman–Crippen LogP) is 4.88. The first-order chi connectivity index (χ1) is 12.8. The standard InChI is InChI=1S/C19H17F3N4S/c1-25(2)17-16(13-7-4-3-5-8-13)12-26(24-17)18(27)23-15-10-6-9-14(11-15)19(20,21)22/h3-12H,1-2H3,(H,23,27). The summed E-state index contributed by atoms with van der Waals surface area (Å²) in [4.78, 5) is 1.85. The Bertz CT molecular complexity index is 949. The van der Waals surface area contributed by atoms with E-state index in [1.165, 1.54) is 16.8 Å². The first kappa shape index (κ1) is 18.9. The minimum Gasteiger partial charge on any atom is -0.361 e. The van der Waals surface area contributed by atoms with E-state index in [2.05, 4.69) is 10.4 Å². The van der Waals surface area contributed by atoms with Crippen LogP contribution in [0.5, 0.6) is 0 Å². The molecule has 0 aliphatic carbocycles. The van der Waals surface area contributed by atoms with Gasteiger partial charge in [0.25, 0.3) is 0 Å². The molecule has 0 radical (unpaired) electrons. The predicted molar refractivity (Wildman–Crippen MR) is 105 cm³/mol. The van der Waals surface area contributed by atoms with Crippen LogP contribution in [-0.4, -0.2) is 29.0 Å². The molecular weight excluding hydrogens is 373 g/mol. The zero-order valence-corrected chi connectivity index (χ0v) is 15.5. The SMILES string of the molecule is CN(C)c1nn(C(=S)Nc2cccc(C(F)(F)F)c2)cc1-c1ccccc1. The molecule has 4 nitrogen and oxygen atoms in total. The lowest BCUT2D eigenvalue weighted by atomic mass is 10.1. The summed E-state index contributed by atoms with van der Waals surface area (Å²) in [6, 6.07) is 14.6. The highest BCUT2D eigenvalue weighted by Gasteiger charge is 2.30. The molecule has 0 saturated heterocycles. The number of thiocarbonyl (C=S) groups is 1. The third-order valence-corrected chi connectivity index (χ3v) is 4.14. The molecule has 0 amide bonds. The maximum Gasteiger partial charge on any atom is 0.416 e. The molecule has 0 atom stereocenters. The van der Waals surface area contributed by atoms with Gasteiger partial charge in [-0.25, -0.2) is 4.68 Å². The highest BCUT2D eigenvalue weighted by molar-refractivity contribution is 7.80. The summed E-state index contributed by atoms with van der Waals surface area (Å²) >= 11 is 5.34. The van der Waals surface area contributed by atoms with Crippen molar-refractivity contribution in [2.45, 2.75) is 6.18 Å². The van der Waals surface area contributed by atoms with E-state index in [-0.39, 0.29) is 10.8 Å². The van der Waals surface area contributed by atoms with Crippen molar-refractivity contribution in [3.05, 3.63) is 66.4 Å². The minimum absolute atomic E-state index is 0.180. The van der Waals surface area contributed by atoms with E-state index in [0.717, 1.165) is 23.3 Å². The Hall–Kier alpha value is -2.87. The fourth-order valence-corrected chi connectivity index (χ4v) is 2.79.